The van der Waals surface area contributed by atoms with Crippen LogP contribution in [0.4, 0.5) is 15.9 Å². The Morgan fingerprint density at radius 1 is 1.24 bits per heavy atom. The second kappa shape index (κ2) is 6.88. The van der Waals surface area contributed by atoms with Gasteiger partial charge in [-0.1, -0.05) is 12.1 Å². The predicted octanol–water partition coefficient (Wildman–Crippen LogP) is 2.56. The molecule has 2 rings (SSSR count). The van der Waals surface area contributed by atoms with Crippen LogP contribution in [0.3, 0.4) is 0 Å². The summed E-state index contributed by atoms with van der Waals surface area (Å²) in [5, 5.41) is 3.17. The number of ether oxygens (including phenoxy) is 1. The molecule has 21 heavy (non-hydrogen) atoms. The minimum absolute atomic E-state index is 0.233. The molecule has 0 radical (unpaired) electrons. The first-order chi connectivity index (χ1) is 10.1. The van der Waals surface area contributed by atoms with Gasteiger partial charge in [-0.25, -0.2) is 9.37 Å². The zero-order valence-electron chi connectivity index (χ0n) is 12.2. The van der Waals surface area contributed by atoms with Crippen molar-refractivity contribution in [2.75, 3.05) is 24.2 Å². The van der Waals surface area contributed by atoms with E-state index >= 15 is 0 Å². The van der Waals surface area contributed by atoms with Crippen LogP contribution in [0.5, 0.6) is 5.88 Å². The normalized spacial score (nSPS) is 10.4. The third-order valence-electron chi connectivity index (χ3n) is 2.92. The molecule has 0 aliphatic heterocycles. The maximum Gasteiger partial charge on any atom is 0.242 e. The standard InChI is InChI=1S/C15H19FN4O/c1-3-21-15-13(17)14(19-10(2)20-15)18-9-8-11-4-6-12(16)7-5-11/h4-7H,3,8-9,17H2,1-2H3,(H,18,19,20). The molecular formula is C15H19FN4O. The van der Waals surface area contributed by atoms with Gasteiger partial charge in [0.05, 0.1) is 6.61 Å². The SMILES string of the molecule is CCOc1nc(C)nc(NCCc2ccc(F)cc2)c1N. The predicted molar refractivity (Wildman–Crippen MR) is 80.9 cm³/mol. The van der Waals surface area contributed by atoms with E-state index in [9.17, 15) is 4.39 Å². The van der Waals surface area contributed by atoms with Gasteiger partial charge in [0.1, 0.15) is 17.3 Å². The van der Waals surface area contributed by atoms with Crippen LogP contribution < -0.4 is 15.8 Å². The largest absolute Gasteiger partial charge is 0.476 e. The van der Waals surface area contributed by atoms with E-state index in [0.29, 0.717) is 36.4 Å². The summed E-state index contributed by atoms with van der Waals surface area (Å²) in [6.45, 7) is 4.79. The zero-order chi connectivity index (χ0) is 15.2. The summed E-state index contributed by atoms with van der Waals surface area (Å²) in [4.78, 5) is 8.43. The van der Waals surface area contributed by atoms with Gasteiger partial charge in [-0.15, -0.1) is 0 Å². The van der Waals surface area contributed by atoms with E-state index in [4.69, 9.17) is 10.5 Å². The van der Waals surface area contributed by atoms with Gasteiger partial charge in [-0.3, -0.25) is 0 Å². The van der Waals surface area contributed by atoms with Crippen LogP contribution >= 0.6 is 0 Å². The number of aromatic nitrogens is 2. The van der Waals surface area contributed by atoms with Gasteiger partial charge in [0.15, 0.2) is 5.82 Å². The fourth-order valence-corrected chi connectivity index (χ4v) is 1.91. The number of rotatable bonds is 6. The molecule has 0 aliphatic carbocycles. The van der Waals surface area contributed by atoms with Gasteiger partial charge < -0.3 is 15.8 Å². The molecule has 0 saturated carbocycles. The maximum atomic E-state index is 12.8. The monoisotopic (exact) mass is 290 g/mol. The molecule has 0 aliphatic rings. The number of benzene rings is 1. The summed E-state index contributed by atoms with van der Waals surface area (Å²) in [5.74, 6) is 1.32. The van der Waals surface area contributed by atoms with Gasteiger partial charge in [0, 0.05) is 6.54 Å². The number of anilines is 2. The van der Waals surface area contributed by atoms with E-state index in [1.54, 1.807) is 19.1 Å². The number of nitrogen functional groups attached to an aromatic ring is 1. The van der Waals surface area contributed by atoms with Crippen molar-refractivity contribution in [1.82, 2.24) is 9.97 Å². The highest BCUT2D eigenvalue weighted by molar-refractivity contribution is 5.66. The Bertz CT molecular complexity index is 601. The lowest BCUT2D eigenvalue weighted by molar-refractivity contribution is 0.327. The Labute approximate surface area is 123 Å². The summed E-state index contributed by atoms with van der Waals surface area (Å²) >= 11 is 0. The van der Waals surface area contributed by atoms with Crippen molar-refractivity contribution < 1.29 is 9.13 Å². The van der Waals surface area contributed by atoms with Crippen molar-refractivity contribution >= 4 is 11.5 Å². The maximum absolute atomic E-state index is 12.8. The topological polar surface area (TPSA) is 73.1 Å². The van der Waals surface area contributed by atoms with Crippen LogP contribution in [0, 0.1) is 12.7 Å². The van der Waals surface area contributed by atoms with E-state index in [2.05, 4.69) is 15.3 Å². The van der Waals surface area contributed by atoms with Crippen LogP contribution in [0.15, 0.2) is 24.3 Å². The Morgan fingerprint density at radius 2 is 1.95 bits per heavy atom. The molecule has 0 fully saturated rings. The first-order valence-corrected chi connectivity index (χ1v) is 6.85. The molecule has 1 heterocycles. The minimum Gasteiger partial charge on any atom is -0.476 e. The number of hydrogen-bond acceptors (Lipinski definition) is 5. The first kappa shape index (κ1) is 15.0. The number of nitrogens with two attached hydrogens (primary N) is 1. The molecule has 0 spiro atoms. The molecule has 6 heteroatoms. The van der Waals surface area contributed by atoms with Crippen LogP contribution in [-0.2, 0) is 6.42 Å². The third kappa shape index (κ3) is 4.05. The van der Waals surface area contributed by atoms with E-state index in [-0.39, 0.29) is 5.82 Å². The van der Waals surface area contributed by atoms with Crippen molar-refractivity contribution in [3.8, 4) is 5.88 Å². The Hall–Kier alpha value is -2.37. The molecule has 2 aromatic rings. The minimum atomic E-state index is -0.233. The second-order valence-corrected chi connectivity index (χ2v) is 4.57. The number of nitrogens with zero attached hydrogens (tertiary/aromatic N) is 2. The molecule has 0 amide bonds. The molecule has 3 N–H and O–H groups in total. The van der Waals surface area contributed by atoms with Crippen LogP contribution in [0.2, 0.25) is 0 Å². The first-order valence-electron chi connectivity index (χ1n) is 6.85. The number of aryl methyl sites for hydroxylation is 1. The van der Waals surface area contributed by atoms with Crippen LogP contribution in [-0.4, -0.2) is 23.1 Å². The summed E-state index contributed by atoms with van der Waals surface area (Å²) in [5.41, 5.74) is 7.42. The Kier molecular flexibility index (Phi) is 4.92. The van der Waals surface area contributed by atoms with E-state index in [1.165, 1.54) is 12.1 Å². The molecular weight excluding hydrogens is 271 g/mol. The van der Waals surface area contributed by atoms with Gasteiger partial charge >= 0.3 is 0 Å². The molecule has 0 unspecified atom stereocenters. The molecule has 1 aromatic carbocycles. The number of halogens is 1. The van der Waals surface area contributed by atoms with Gasteiger partial charge in [0.25, 0.3) is 0 Å². The van der Waals surface area contributed by atoms with E-state index in [0.717, 1.165) is 12.0 Å². The quantitative estimate of drug-likeness (QED) is 0.855. The summed E-state index contributed by atoms with van der Waals surface area (Å²) in [7, 11) is 0. The van der Waals surface area contributed by atoms with E-state index in [1.807, 2.05) is 6.92 Å². The second-order valence-electron chi connectivity index (χ2n) is 4.57. The lowest BCUT2D eigenvalue weighted by Gasteiger charge is -2.12. The molecule has 5 nitrogen and oxygen atoms in total. The summed E-state index contributed by atoms with van der Waals surface area (Å²) in [6.07, 6.45) is 0.743. The lowest BCUT2D eigenvalue weighted by atomic mass is 10.1. The molecule has 1 aromatic heterocycles. The summed E-state index contributed by atoms with van der Waals surface area (Å²) < 4.78 is 18.2. The zero-order valence-corrected chi connectivity index (χ0v) is 12.2. The molecule has 0 saturated heterocycles. The smallest absolute Gasteiger partial charge is 0.242 e. The number of hydrogen-bond donors (Lipinski definition) is 2. The lowest BCUT2D eigenvalue weighted by Crippen LogP contribution is -2.12. The van der Waals surface area contributed by atoms with Crippen LogP contribution in [0.1, 0.15) is 18.3 Å². The fraction of sp³-hybridized carbons (Fsp3) is 0.333. The average molecular weight is 290 g/mol. The molecule has 112 valence electrons. The van der Waals surface area contributed by atoms with Crippen molar-refractivity contribution in [3.63, 3.8) is 0 Å². The number of nitrogens with one attached hydrogen (secondary N) is 1. The molecule has 0 atom stereocenters. The highest BCUT2D eigenvalue weighted by atomic mass is 19.1. The van der Waals surface area contributed by atoms with E-state index < -0.39 is 0 Å². The highest BCUT2D eigenvalue weighted by Gasteiger charge is 2.10. The highest BCUT2D eigenvalue weighted by Crippen LogP contribution is 2.25. The van der Waals surface area contributed by atoms with Crippen molar-refractivity contribution in [2.24, 2.45) is 0 Å². The fourth-order valence-electron chi connectivity index (χ4n) is 1.91. The Morgan fingerprint density at radius 3 is 2.62 bits per heavy atom. The van der Waals surface area contributed by atoms with Gasteiger partial charge in [-0.2, -0.15) is 4.98 Å². The average Bonchev–Trinajstić information content (AvgIpc) is 2.46. The van der Waals surface area contributed by atoms with Crippen LogP contribution in [0.25, 0.3) is 0 Å². The van der Waals surface area contributed by atoms with Crippen molar-refractivity contribution in [2.45, 2.75) is 20.3 Å². The summed E-state index contributed by atoms with van der Waals surface area (Å²) in [6, 6.07) is 6.42. The van der Waals surface area contributed by atoms with Crippen molar-refractivity contribution in [3.05, 3.63) is 41.5 Å². The van der Waals surface area contributed by atoms with Gasteiger partial charge in [0.2, 0.25) is 5.88 Å². The third-order valence-corrected chi connectivity index (χ3v) is 2.92. The Balaban J connectivity index is 2.01. The molecule has 0 bridgehead atoms. The van der Waals surface area contributed by atoms with Gasteiger partial charge in [-0.05, 0) is 38.0 Å². The van der Waals surface area contributed by atoms with Crippen molar-refractivity contribution in [1.29, 1.82) is 0 Å².